The monoisotopic (exact) mass is 330 g/mol. The standard InChI is InChI=1S/C15H18N6OS/c16-10-2-4-21(7-10)15(22)12-8-20(5-6-23-12)14-11-1-3-17-13(11)18-9-19-14/h1,3,8-10H,2,4-7,16H2,(H,17,18,19)/t10-/m0/s1. The molecule has 23 heavy (non-hydrogen) atoms. The number of anilines is 1. The van der Waals surface area contributed by atoms with Gasteiger partial charge in [-0.15, -0.1) is 11.8 Å². The zero-order chi connectivity index (χ0) is 15.8. The van der Waals surface area contributed by atoms with E-state index >= 15 is 0 Å². The van der Waals surface area contributed by atoms with Crippen molar-refractivity contribution < 1.29 is 4.79 Å². The van der Waals surface area contributed by atoms with Crippen LogP contribution in [0, 0.1) is 0 Å². The fourth-order valence-electron chi connectivity index (χ4n) is 3.00. The summed E-state index contributed by atoms with van der Waals surface area (Å²) >= 11 is 1.60. The van der Waals surface area contributed by atoms with Crippen LogP contribution in [0.25, 0.3) is 11.0 Å². The molecule has 2 aliphatic rings. The Kier molecular flexibility index (Phi) is 3.70. The second-order valence-corrected chi connectivity index (χ2v) is 6.91. The fourth-order valence-corrected chi connectivity index (χ4v) is 3.96. The summed E-state index contributed by atoms with van der Waals surface area (Å²) in [6.45, 7) is 2.21. The summed E-state index contributed by atoms with van der Waals surface area (Å²) in [6, 6.07) is 2.06. The van der Waals surface area contributed by atoms with Crippen LogP contribution in [0.5, 0.6) is 0 Å². The van der Waals surface area contributed by atoms with E-state index in [4.69, 9.17) is 5.73 Å². The van der Waals surface area contributed by atoms with E-state index in [0.29, 0.717) is 6.54 Å². The maximum atomic E-state index is 12.7. The van der Waals surface area contributed by atoms with Crippen molar-refractivity contribution in [2.24, 2.45) is 5.73 Å². The third kappa shape index (κ3) is 2.68. The number of likely N-dealkylation sites (tertiary alicyclic amines) is 1. The van der Waals surface area contributed by atoms with Gasteiger partial charge < -0.3 is 20.5 Å². The van der Waals surface area contributed by atoms with Crippen LogP contribution in [-0.2, 0) is 4.79 Å². The molecule has 0 bridgehead atoms. The van der Waals surface area contributed by atoms with Crippen LogP contribution in [-0.4, -0.2) is 57.2 Å². The van der Waals surface area contributed by atoms with Gasteiger partial charge in [-0.05, 0) is 12.5 Å². The molecule has 8 heteroatoms. The molecule has 0 aliphatic carbocycles. The van der Waals surface area contributed by atoms with Crippen molar-refractivity contribution in [2.45, 2.75) is 12.5 Å². The number of amides is 1. The molecule has 1 amide bonds. The molecular weight excluding hydrogens is 312 g/mol. The van der Waals surface area contributed by atoms with E-state index in [0.717, 1.165) is 47.0 Å². The van der Waals surface area contributed by atoms with Crippen LogP contribution < -0.4 is 10.6 Å². The fraction of sp³-hybridized carbons (Fsp3) is 0.400. The molecule has 0 unspecified atom stereocenters. The first kappa shape index (κ1) is 14.5. The highest BCUT2D eigenvalue weighted by molar-refractivity contribution is 8.04. The maximum Gasteiger partial charge on any atom is 0.261 e. The van der Waals surface area contributed by atoms with Gasteiger partial charge in [0.25, 0.3) is 5.91 Å². The molecule has 0 spiro atoms. The lowest BCUT2D eigenvalue weighted by Gasteiger charge is -2.27. The Morgan fingerprint density at radius 2 is 2.30 bits per heavy atom. The molecule has 1 fully saturated rings. The van der Waals surface area contributed by atoms with Crippen LogP contribution in [0.4, 0.5) is 5.82 Å². The number of carbonyl (C=O) groups is 1. The molecule has 2 aliphatic heterocycles. The lowest BCUT2D eigenvalue weighted by atomic mass is 10.3. The van der Waals surface area contributed by atoms with Crippen molar-refractivity contribution in [2.75, 3.05) is 30.3 Å². The van der Waals surface area contributed by atoms with Crippen LogP contribution in [0.15, 0.2) is 29.7 Å². The Morgan fingerprint density at radius 3 is 3.13 bits per heavy atom. The number of H-pyrrole nitrogens is 1. The molecule has 4 heterocycles. The Morgan fingerprint density at radius 1 is 1.39 bits per heavy atom. The van der Waals surface area contributed by atoms with Gasteiger partial charge >= 0.3 is 0 Å². The topological polar surface area (TPSA) is 91.1 Å². The Bertz CT molecular complexity index is 772. The Labute approximate surface area is 137 Å². The first-order chi connectivity index (χ1) is 11.2. The number of nitrogens with one attached hydrogen (secondary N) is 1. The molecule has 0 aromatic carbocycles. The zero-order valence-corrected chi connectivity index (χ0v) is 13.4. The van der Waals surface area contributed by atoms with Gasteiger partial charge in [-0.1, -0.05) is 0 Å². The lowest BCUT2D eigenvalue weighted by Crippen LogP contribution is -2.35. The number of thioether (sulfide) groups is 1. The molecule has 0 radical (unpaired) electrons. The van der Waals surface area contributed by atoms with Gasteiger partial charge in [0.2, 0.25) is 0 Å². The summed E-state index contributed by atoms with van der Waals surface area (Å²) in [5.41, 5.74) is 6.72. The molecule has 1 saturated heterocycles. The molecule has 2 aromatic rings. The number of fused-ring (bicyclic) bond motifs is 1. The first-order valence-corrected chi connectivity index (χ1v) is 8.65. The highest BCUT2D eigenvalue weighted by atomic mass is 32.2. The van der Waals surface area contributed by atoms with E-state index < -0.39 is 0 Å². The molecule has 1 atom stereocenters. The number of rotatable bonds is 2. The van der Waals surface area contributed by atoms with Gasteiger partial charge in [0.1, 0.15) is 17.8 Å². The van der Waals surface area contributed by atoms with Crippen molar-refractivity contribution in [3.63, 3.8) is 0 Å². The molecule has 2 aromatic heterocycles. The van der Waals surface area contributed by atoms with Gasteiger partial charge in [-0.25, -0.2) is 9.97 Å². The normalized spacial score (nSPS) is 21.8. The number of aromatic amines is 1. The summed E-state index contributed by atoms with van der Waals surface area (Å²) in [5, 5.41) is 0.964. The summed E-state index contributed by atoms with van der Waals surface area (Å²) < 4.78 is 0. The van der Waals surface area contributed by atoms with Crippen LogP contribution in [0.2, 0.25) is 0 Å². The quantitative estimate of drug-likeness (QED) is 0.850. The van der Waals surface area contributed by atoms with E-state index in [1.807, 2.05) is 28.3 Å². The predicted molar refractivity (Wildman–Crippen MR) is 90.9 cm³/mol. The average Bonchev–Trinajstić information content (AvgIpc) is 3.22. The van der Waals surface area contributed by atoms with E-state index in [1.165, 1.54) is 0 Å². The second-order valence-electron chi connectivity index (χ2n) is 5.77. The van der Waals surface area contributed by atoms with Gasteiger partial charge in [0.05, 0.1) is 10.3 Å². The molecule has 3 N–H and O–H groups in total. The SMILES string of the molecule is N[C@H]1CCN(C(=O)C2=CN(c3ncnc4[nH]ccc34)CCS2)C1. The van der Waals surface area contributed by atoms with Crippen molar-refractivity contribution in [1.82, 2.24) is 19.9 Å². The molecular formula is C15H18N6OS. The smallest absolute Gasteiger partial charge is 0.261 e. The first-order valence-electron chi connectivity index (χ1n) is 7.66. The summed E-state index contributed by atoms with van der Waals surface area (Å²) in [5.74, 6) is 1.76. The number of nitrogens with two attached hydrogens (primary N) is 1. The Hall–Kier alpha value is -2.06. The van der Waals surface area contributed by atoms with Crippen molar-refractivity contribution in [1.29, 1.82) is 0 Å². The third-order valence-electron chi connectivity index (χ3n) is 4.19. The van der Waals surface area contributed by atoms with Gasteiger partial charge in [0.15, 0.2) is 0 Å². The van der Waals surface area contributed by atoms with Crippen molar-refractivity contribution in [3.05, 3.63) is 29.7 Å². The number of nitrogens with zero attached hydrogens (tertiary/aromatic N) is 4. The summed E-state index contributed by atoms with van der Waals surface area (Å²) in [4.78, 5) is 29.0. The van der Waals surface area contributed by atoms with E-state index in [2.05, 4.69) is 15.0 Å². The number of carbonyl (C=O) groups excluding carboxylic acids is 1. The average molecular weight is 330 g/mol. The third-order valence-corrected chi connectivity index (χ3v) is 5.17. The van der Waals surface area contributed by atoms with E-state index in [9.17, 15) is 4.79 Å². The predicted octanol–water partition coefficient (Wildman–Crippen LogP) is 0.912. The van der Waals surface area contributed by atoms with Gasteiger partial charge in [-0.2, -0.15) is 0 Å². The minimum atomic E-state index is 0.0759. The number of aromatic nitrogens is 3. The minimum Gasteiger partial charge on any atom is -0.346 e. The van der Waals surface area contributed by atoms with Crippen LogP contribution in [0.1, 0.15) is 6.42 Å². The molecule has 4 rings (SSSR count). The second kappa shape index (κ2) is 5.86. The highest BCUT2D eigenvalue weighted by Crippen LogP contribution is 2.30. The highest BCUT2D eigenvalue weighted by Gasteiger charge is 2.28. The Balaban J connectivity index is 1.63. The molecule has 0 saturated carbocycles. The van der Waals surface area contributed by atoms with Gasteiger partial charge in [-0.3, -0.25) is 4.79 Å². The van der Waals surface area contributed by atoms with Crippen LogP contribution in [0.3, 0.4) is 0 Å². The summed E-state index contributed by atoms with van der Waals surface area (Å²) in [6.07, 6.45) is 6.19. The number of hydrogen-bond donors (Lipinski definition) is 2. The largest absolute Gasteiger partial charge is 0.346 e. The minimum absolute atomic E-state index is 0.0759. The molecule has 7 nitrogen and oxygen atoms in total. The summed E-state index contributed by atoms with van der Waals surface area (Å²) in [7, 11) is 0. The molecule has 120 valence electrons. The van der Waals surface area contributed by atoms with E-state index in [-0.39, 0.29) is 11.9 Å². The zero-order valence-electron chi connectivity index (χ0n) is 12.6. The number of hydrogen-bond acceptors (Lipinski definition) is 6. The maximum absolute atomic E-state index is 12.7. The van der Waals surface area contributed by atoms with Crippen LogP contribution >= 0.6 is 11.8 Å². The van der Waals surface area contributed by atoms with Gasteiger partial charge in [0, 0.05) is 43.8 Å². The lowest BCUT2D eigenvalue weighted by molar-refractivity contribution is -0.125. The van der Waals surface area contributed by atoms with Crippen molar-refractivity contribution in [3.8, 4) is 0 Å². The van der Waals surface area contributed by atoms with E-state index in [1.54, 1.807) is 18.1 Å². The van der Waals surface area contributed by atoms with Crippen molar-refractivity contribution >= 4 is 34.5 Å².